The van der Waals surface area contributed by atoms with Crippen LogP contribution in [0.2, 0.25) is 0 Å². The van der Waals surface area contributed by atoms with E-state index in [0.29, 0.717) is 0 Å². The van der Waals surface area contributed by atoms with Crippen molar-refractivity contribution in [2.75, 3.05) is 17.6 Å². The van der Waals surface area contributed by atoms with Gasteiger partial charge < -0.3 is 10.6 Å². The van der Waals surface area contributed by atoms with Gasteiger partial charge >= 0.3 is 0 Å². The van der Waals surface area contributed by atoms with Crippen molar-refractivity contribution in [1.82, 2.24) is 5.32 Å². The van der Waals surface area contributed by atoms with Crippen LogP contribution in [0, 0.1) is 5.41 Å². The lowest BCUT2D eigenvalue weighted by molar-refractivity contribution is 0.264. The molecule has 116 valence electrons. The molecule has 0 bridgehead atoms. The lowest BCUT2D eigenvalue weighted by Gasteiger charge is -2.08. The summed E-state index contributed by atoms with van der Waals surface area (Å²) in [4.78, 5) is 11.7. The van der Waals surface area contributed by atoms with Crippen molar-refractivity contribution in [3.05, 3.63) is 29.8 Å². The molecule has 0 radical (unpaired) electrons. The third kappa shape index (κ3) is 7.18. The molecule has 0 fully saturated rings. The van der Waals surface area contributed by atoms with Gasteiger partial charge in [0.25, 0.3) is 5.24 Å². The van der Waals surface area contributed by atoms with Crippen molar-refractivity contribution in [2.45, 2.75) is 39.5 Å². The molecular formula is C16H25N3OS. The summed E-state index contributed by atoms with van der Waals surface area (Å²) in [6, 6.07) is 7.51. The second kappa shape index (κ2) is 10.3. The molecule has 5 heteroatoms. The highest BCUT2D eigenvalue weighted by Gasteiger charge is 2.07. The molecular weight excluding hydrogens is 282 g/mol. The molecule has 1 rings (SSSR count). The van der Waals surface area contributed by atoms with Crippen LogP contribution in [-0.4, -0.2) is 23.4 Å². The Morgan fingerprint density at radius 1 is 1.14 bits per heavy atom. The average molecular weight is 307 g/mol. The molecule has 0 saturated heterocycles. The molecule has 0 aromatic heterocycles. The van der Waals surface area contributed by atoms with Crippen LogP contribution in [0.1, 0.15) is 45.1 Å². The summed E-state index contributed by atoms with van der Waals surface area (Å²) in [5.74, 6) is 0.975. The SMILES string of the molecule is CCCCCCSC(=O)NC(=N)c1ccc(NCC)cc1. The summed E-state index contributed by atoms with van der Waals surface area (Å²) in [6.07, 6.45) is 4.64. The first-order chi connectivity index (χ1) is 10.2. The van der Waals surface area contributed by atoms with Crippen LogP contribution in [0.25, 0.3) is 0 Å². The van der Waals surface area contributed by atoms with Crippen LogP contribution in [0.15, 0.2) is 24.3 Å². The number of carbonyl (C=O) groups excluding carboxylic acids is 1. The van der Waals surface area contributed by atoms with Crippen molar-refractivity contribution in [2.24, 2.45) is 0 Å². The van der Waals surface area contributed by atoms with E-state index in [1.54, 1.807) is 0 Å². The van der Waals surface area contributed by atoms with E-state index in [4.69, 9.17) is 5.41 Å². The van der Waals surface area contributed by atoms with Crippen molar-refractivity contribution in [3.63, 3.8) is 0 Å². The first-order valence-corrected chi connectivity index (χ1v) is 8.52. The highest BCUT2D eigenvalue weighted by atomic mass is 32.2. The van der Waals surface area contributed by atoms with Crippen LogP contribution in [0.3, 0.4) is 0 Å². The molecule has 1 aromatic carbocycles. The summed E-state index contributed by atoms with van der Waals surface area (Å²) >= 11 is 1.26. The normalized spacial score (nSPS) is 10.2. The number of rotatable bonds is 8. The maximum atomic E-state index is 11.7. The summed E-state index contributed by atoms with van der Waals surface area (Å²) in [7, 11) is 0. The van der Waals surface area contributed by atoms with E-state index in [0.717, 1.165) is 30.0 Å². The molecule has 1 amide bonds. The molecule has 3 N–H and O–H groups in total. The Morgan fingerprint density at radius 3 is 2.48 bits per heavy atom. The Labute approximate surface area is 131 Å². The zero-order valence-electron chi connectivity index (χ0n) is 12.9. The van der Waals surface area contributed by atoms with E-state index in [-0.39, 0.29) is 11.1 Å². The molecule has 0 unspecified atom stereocenters. The summed E-state index contributed by atoms with van der Waals surface area (Å²) < 4.78 is 0. The van der Waals surface area contributed by atoms with Crippen LogP contribution < -0.4 is 10.6 Å². The number of nitrogens with one attached hydrogen (secondary N) is 3. The Morgan fingerprint density at radius 2 is 1.86 bits per heavy atom. The van der Waals surface area contributed by atoms with Gasteiger partial charge in [0.1, 0.15) is 5.84 Å². The van der Waals surface area contributed by atoms with E-state index >= 15 is 0 Å². The van der Waals surface area contributed by atoms with Crippen LogP contribution >= 0.6 is 11.8 Å². The van der Waals surface area contributed by atoms with Gasteiger partial charge in [0, 0.05) is 23.5 Å². The van der Waals surface area contributed by atoms with Gasteiger partial charge in [-0.25, -0.2) is 0 Å². The fourth-order valence-corrected chi connectivity index (χ4v) is 2.57. The molecule has 0 heterocycles. The molecule has 0 aliphatic carbocycles. The summed E-state index contributed by atoms with van der Waals surface area (Å²) in [6.45, 7) is 5.07. The number of unbranched alkanes of at least 4 members (excludes halogenated alkanes) is 3. The van der Waals surface area contributed by atoms with Gasteiger partial charge in [0.2, 0.25) is 0 Å². The van der Waals surface area contributed by atoms with Crippen molar-refractivity contribution in [3.8, 4) is 0 Å². The molecule has 1 aromatic rings. The lowest BCUT2D eigenvalue weighted by Crippen LogP contribution is -2.27. The monoisotopic (exact) mass is 307 g/mol. The number of amides is 1. The largest absolute Gasteiger partial charge is 0.385 e. The number of benzene rings is 1. The average Bonchev–Trinajstić information content (AvgIpc) is 2.48. The maximum Gasteiger partial charge on any atom is 0.284 e. The molecule has 4 nitrogen and oxygen atoms in total. The van der Waals surface area contributed by atoms with Gasteiger partial charge in [-0.2, -0.15) is 0 Å². The Balaban J connectivity index is 2.33. The van der Waals surface area contributed by atoms with E-state index in [1.165, 1.54) is 31.0 Å². The number of hydrogen-bond donors (Lipinski definition) is 3. The molecule has 0 spiro atoms. The molecule has 0 saturated carbocycles. The first kappa shape index (κ1) is 17.6. The van der Waals surface area contributed by atoms with Crippen molar-refractivity contribution >= 4 is 28.5 Å². The topological polar surface area (TPSA) is 65.0 Å². The highest BCUT2D eigenvalue weighted by molar-refractivity contribution is 8.13. The van der Waals surface area contributed by atoms with Crippen molar-refractivity contribution < 1.29 is 4.79 Å². The molecule has 21 heavy (non-hydrogen) atoms. The number of carbonyl (C=O) groups is 1. The molecule has 0 aliphatic heterocycles. The minimum Gasteiger partial charge on any atom is -0.385 e. The van der Waals surface area contributed by atoms with E-state index in [9.17, 15) is 4.79 Å². The zero-order valence-corrected chi connectivity index (χ0v) is 13.7. The van der Waals surface area contributed by atoms with Gasteiger partial charge in [0.05, 0.1) is 0 Å². The third-order valence-corrected chi connectivity index (χ3v) is 3.87. The van der Waals surface area contributed by atoms with Gasteiger partial charge in [0.15, 0.2) is 0 Å². The van der Waals surface area contributed by atoms with Crippen LogP contribution in [-0.2, 0) is 0 Å². The van der Waals surface area contributed by atoms with Gasteiger partial charge in [-0.15, -0.1) is 0 Å². The van der Waals surface area contributed by atoms with Crippen molar-refractivity contribution in [1.29, 1.82) is 5.41 Å². The Hall–Kier alpha value is -1.49. The Kier molecular flexibility index (Phi) is 8.59. The fourth-order valence-electron chi connectivity index (χ4n) is 1.86. The highest BCUT2D eigenvalue weighted by Crippen LogP contribution is 2.11. The zero-order chi connectivity index (χ0) is 15.5. The lowest BCUT2D eigenvalue weighted by atomic mass is 10.2. The number of hydrogen-bond acceptors (Lipinski definition) is 4. The van der Waals surface area contributed by atoms with Gasteiger partial charge in [-0.1, -0.05) is 37.9 Å². The predicted molar refractivity (Wildman–Crippen MR) is 92.6 cm³/mol. The maximum absolute atomic E-state index is 11.7. The van der Waals surface area contributed by atoms with E-state index in [1.807, 2.05) is 31.2 Å². The van der Waals surface area contributed by atoms with Gasteiger partial charge in [-0.05, 0) is 37.6 Å². The molecule has 0 atom stereocenters. The summed E-state index contributed by atoms with van der Waals surface area (Å²) in [5, 5.41) is 13.6. The second-order valence-corrected chi connectivity index (χ2v) is 5.87. The third-order valence-electron chi connectivity index (χ3n) is 3.01. The smallest absolute Gasteiger partial charge is 0.284 e. The van der Waals surface area contributed by atoms with Gasteiger partial charge in [-0.3, -0.25) is 10.2 Å². The number of thioether (sulfide) groups is 1. The van der Waals surface area contributed by atoms with Crippen LogP contribution in [0.5, 0.6) is 0 Å². The predicted octanol–water partition coefficient (Wildman–Crippen LogP) is 4.47. The number of anilines is 1. The minimum absolute atomic E-state index is 0.146. The number of amidine groups is 1. The fraction of sp³-hybridized carbons (Fsp3) is 0.500. The Bertz CT molecular complexity index is 445. The van der Waals surface area contributed by atoms with E-state index < -0.39 is 0 Å². The standard InChI is InChI=1S/C16H25N3OS/c1-3-5-6-7-12-21-16(20)19-15(17)13-8-10-14(11-9-13)18-4-2/h8-11,18H,3-7,12H2,1-2H3,(H2,17,19,20). The minimum atomic E-state index is -0.146. The second-order valence-electron chi connectivity index (χ2n) is 4.80. The first-order valence-electron chi connectivity index (χ1n) is 7.54. The van der Waals surface area contributed by atoms with Crippen LogP contribution in [0.4, 0.5) is 10.5 Å². The van der Waals surface area contributed by atoms with E-state index in [2.05, 4.69) is 17.6 Å². The quantitative estimate of drug-likeness (QED) is 0.377. The summed E-state index contributed by atoms with van der Waals surface area (Å²) in [5.41, 5.74) is 1.74. The molecule has 0 aliphatic rings.